The van der Waals surface area contributed by atoms with Crippen LogP contribution in [0.25, 0.3) is 105 Å². The molecule has 228 valence electrons. The first-order chi connectivity index (χ1) is 24.3. The lowest BCUT2D eigenvalue weighted by Crippen LogP contribution is -2.02. The summed E-state index contributed by atoms with van der Waals surface area (Å²) in [5.41, 5.74) is 8.24. The topological polar surface area (TPSA) is 57.0 Å². The van der Waals surface area contributed by atoms with E-state index in [2.05, 4.69) is 102 Å². The Morgan fingerprint density at radius 1 is 0.429 bits per heavy atom. The van der Waals surface area contributed by atoms with Crippen molar-refractivity contribution in [3.63, 3.8) is 0 Å². The number of furan rings is 2. The summed E-state index contributed by atoms with van der Waals surface area (Å²) in [6.07, 6.45) is 0. The van der Waals surface area contributed by atoms with Crippen LogP contribution in [-0.2, 0) is 0 Å². The van der Waals surface area contributed by atoms with Crippen molar-refractivity contribution in [2.24, 2.45) is 0 Å². The van der Waals surface area contributed by atoms with Gasteiger partial charge in [-0.1, -0.05) is 115 Å². The SMILES string of the molecule is c1ccc(-c2cc(-n3c4ccccc4c4c5ccc6oc7ccccc7c6c5c5c6ccccc6oc5c43)nc(-c3ccccc3)n2)cc1. The molecule has 0 amide bonds. The van der Waals surface area contributed by atoms with E-state index in [9.17, 15) is 0 Å². The highest BCUT2D eigenvalue weighted by molar-refractivity contribution is 6.40. The normalized spacial score (nSPS) is 12.1. The Kier molecular flexibility index (Phi) is 5.32. The summed E-state index contributed by atoms with van der Waals surface area (Å²) in [4.78, 5) is 10.4. The Bertz CT molecular complexity index is 3040. The molecule has 0 aliphatic rings. The third-order valence-electron chi connectivity index (χ3n) is 9.79. The number of hydrogen-bond donors (Lipinski definition) is 0. The number of rotatable bonds is 3. The molecule has 4 aromatic heterocycles. The molecule has 0 atom stereocenters. The molecule has 0 aliphatic carbocycles. The Hall–Kier alpha value is -6.72. The maximum absolute atomic E-state index is 6.94. The van der Waals surface area contributed by atoms with Gasteiger partial charge < -0.3 is 8.83 Å². The second kappa shape index (κ2) is 9.89. The summed E-state index contributed by atoms with van der Waals surface area (Å²) in [5, 5.41) is 8.84. The molecule has 0 unspecified atom stereocenters. The molecule has 11 aromatic rings. The fraction of sp³-hybridized carbons (Fsp3) is 0. The summed E-state index contributed by atoms with van der Waals surface area (Å²) in [6, 6.07) is 52.1. The molecule has 0 aliphatic heterocycles. The van der Waals surface area contributed by atoms with E-state index in [0.717, 1.165) is 99.1 Å². The van der Waals surface area contributed by atoms with Crippen LogP contribution in [0.5, 0.6) is 0 Å². The smallest absolute Gasteiger partial charge is 0.162 e. The zero-order valence-corrected chi connectivity index (χ0v) is 26.1. The minimum Gasteiger partial charge on any atom is -0.456 e. The molecule has 11 rings (SSSR count). The number of aromatic nitrogens is 3. The van der Waals surface area contributed by atoms with Crippen molar-refractivity contribution in [2.75, 3.05) is 0 Å². The number of fused-ring (bicyclic) bond motifs is 14. The maximum atomic E-state index is 6.94. The van der Waals surface area contributed by atoms with Crippen LogP contribution in [0.3, 0.4) is 0 Å². The Balaban J connectivity index is 1.38. The molecular weight excluding hydrogens is 603 g/mol. The van der Waals surface area contributed by atoms with Crippen molar-refractivity contribution >= 4 is 76.5 Å². The predicted molar refractivity (Wildman–Crippen MR) is 199 cm³/mol. The first-order valence-electron chi connectivity index (χ1n) is 16.4. The van der Waals surface area contributed by atoms with Gasteiger partial charge in [-0.2, -0.15) is 0 Å². The molecule has 4 heterocycles. The number of para-hydroxylation sites is 3. The van der Waals surface area contributed by atoms with Crippen LogP contribution >= 0.6 is 0 Å². The minimum atomic E-state index is 0.663. The average Bonchev–Trinajstić information content (AvgIpc) is 3.85. The molecule has 0 N–H and O–H groups in total. The van der Waals surface area contributed by atoms with E-state index in [1.54, 1.807) is 0 Å². The molecule has 0 radical (unpaired) electrons. The summed E-state index contributed by atoms with van der Waals surface area (Å²) in [5.74, 6) is 1.44. The second-order valence-electron chi connectivity index (χ2n) is 12.5. The van der Waals surface area contributed by atoms with E-state index < -0.39 is 0 Å². The van der Waals surface area contributed by atoms with Gasteiger partial charge in [-0.15, -0.1) is 0 Å². The van der Waals surface area contributed by atoms with E-state index in [0.29, 0.717) is 5.82 Å². The van der Waals surface area contributed by atoms with Crippen molar-refractivity contribution in [1.29, 1.82) is 0 Å². The highest BCUT2D eigenvalue weighted by Gasteiger charge is 2.26. The number of nitrogens with zero attached hydrogens (tertiary/aromatic N) is 3. The molecule has 0 saturated carbocycles. The molecule has 5 nitrogen and oxygen atoms in total. The van der Waals surface area contributed by atoms with E-state index in [-0.39, 0.29) is 0 Å². The van der Waals surface area contributed by atoms with Crippen molar-refractivity contribution in [3.05, 3.63) is 152 Å². The molecule has 49 heavy (non-hydrogen) atoms. The van der Waals surface area contributed by atoms with E-state index in [4.69, 9.17) is 18.8 Å². The van der Waals surface area contributed by atoms with E-state index >= 15 is 0 Å². The molecule has 0 spiro atoms. The predicted octanol–water partition coefficient (Wildman–Crippen LogP) is 11.9. The Labute approximate surface area is 279 Å². The zero-order valence-electron chi connectivity index (χ0n) is 26.1. The fourth-order valence-corrected chi connectivity index (χ4v) is 7.73. The van der Waals surface area contributed by atoms with Crippen LogP contribution in [0, 0.1) is 0 Å². The van der Waals surface area contributed by atoms with Gasteiger partial charge in [0.1, 0.15) is 22.6 Å². The summed E-state index contributed by atoms with van der Waals surface area (Å²) in [6.45, 7) is 0. The molecular formula is C44H25N3O2. The van der Waals surface area contributed by atoms with Crippen LogP contribution in [0.4, 0.5) is 0 Å². The average molecular weight is 628 g/mol. The molecule has 0 bridgehead atoms. The summed E-state index contributed by atoms with van der Waals surface area (Å²) in [7, 11) is 0. The third-order valence-corrected chi connectivity index (χ3v) is 9.79. The van der Waals surface area contributed by atoms with E-state index in [1.165, 1.54) is 0 Å². The van der Waals surface area contributed by atoms with Gasteiger partial charge >= 0.3 is 0 Å². The van der Waals surface area contributed by atoms with Crippen LogP contribution in [0.15, 0.2) is 160 Å². The lowest BCUT2D eigenvalue weighted by molar-refractivity contribution is 0.669. The number of hydrogen-bond acceptors (Lipinski definition) is 4. The van der Waals surface area contributed by atoms with Gasteiger partial charge in [0.15, 0.2) is 11.4 Å². The van der Waals surface area contributed by atoms with Gasteiger partial charge in [0.25, 0.3) is 0 Å². The van der Waals surface area contributed by atoms with Crippen molar-refractivity contribution in [3.8, 4) is 28.5 Å². The van der Waals surface area contributed by atoms with Gasteiger partial charge in [0.2, 0.25) is 0 Å². The van der Waals surface area contributed by atoms with Crippen LogP contribution in [-0.4, -0.2) is 14.5 Å². The lowest BCUT2D eigenvalue weighted by Gasteiger charge is -2.13. The molecule has 7 aromatic carbocycles. The van der Waals surface area contributed by atoms with E-state index in [1.807, 2.05) is 54.6 Å². The second-order valence-corrected chi connectivity index (χ2v) is 12.5. The van der Waals surface area contributed by atoms with Crippen molar-refractivity contribution in [2.45, 2.75) is 0 Å². The quantitative estimate of drug-likeness (QED) is 0.196. The monoisotopic (exact) mass is 627 g/mol. The van der Waals surface area contributed by atoms with Gasteiger partial charge in [-0.25, -0.2) is 9.97 Å². The van der Waals surface area contributed by atoms with Crippen molar-refractivity contribution < 1.29 is 8.83 Å². The molecule has 0 fully saturated rings. The fourth-order valence-electron chi connectivity index (χ4n) is 7.73. The minimum absolute atomic E-state index is 0.663. The Morgan fingerprint density at radius 3 is 1.84 bits per heavy atom. The Morgan fingerprint density at radius 2 is 1.06 bits per heavy atom. The maximum Gasteiger partial charge on any atom is 0.162 e. The third kappa shape index (κ3) is 3.70. The van der Waals surface area contributed by atoms with Gasteiger partial charge in [0.05, 0.1) is 16.7 Å². The molecule has 0 saturated heterocycles. The largest absolute Gasteiger partial charge is 0.456 e. The van der Waals surface area contributed by atoms with Crippen LogP contribution in [0.1, 0.15) is 0 Å². The van der Waals surface area contributed by atoms with Crippen LogP contribution in [0.2, 0.25) is 0 Å². The first-order valence-corrected chi connectivity index (χ1v) is 16.4. The summed E-state index contributed by atoms with van der Waals surface area (Å²) >= 11 is 0. The summed E-state index contributed by atoms with van der Waals surface area (Å²) < 4.78 is 15.6. The van der Waals surface area contributed by atoms with Crippen molar-refractivity contribution in [1.82, 2.24) is 14.5 Å². The zero-order chi connectivity index (χ0) is 32.1. The molecule has 5 heteroatoms. The van der Waals surface area contributed by atoms with Gasteiger partial charge in [-0.05, 0) is 35.7 Å². The first kappa shape index (κ1) is 26.4. The van der Waals surface area contributed by atoms with Gasteiger partial charge in [0, 0.05) is 54.9 Å². The van der Waals surface area contributed by atoms with Crippen LogP contribution < -0.4 is 0 Å². The highest BCUT2D eigenvalue weighted by atomic mass is 16.3. The standard InChI is InChI=1S/C44H25N3O2/c1-3-13-26(14-4-1)32-25-37(46-44(45-32)27-15-5-2-6-16-27)47-33-20-10-7-17-28(33)38-31-23-24-36-39(29-18-8-11-21-34(29)48-36)40(31)41-30-19-9-12-22-35(30)49-43(41)42(38)47/h1-25H. The van der Waals surface area contributed by atoms with Gasteiger partial charge in [-0.3, -0.25) is 4.57 Å². The number of benzene rings is 7. The lowest BCUT2D eigenvalue weighted by atomic mass is 9.95. The highest BCUT2D eigenvalue weighted by Crippen LogP contribution is 2.49.